The van der Waals surface area contributed by atoms with E-state index in [1.165, 1.54) is 11.3 Å². The lowest BCUT2D eigenvalue weighted by atomic mass is 10.0. The van der Waals surface area contributed by atoms with Gasteiger partial charge in [0.25, 0.3) is 0 Å². The predicted octanol–water partition coefficient (Wildman–Crippen LogP) is 2.01. The van der Waals surface area contributed by atoms with Crippen LogP contribution >= 0.6 is 11.3 Å². The van der Waals surface area contributed by atoms with Crippen LogP contribution in [0.1, 0.15) is 37.7 Å². The van der Waals surface area contributed by atoms with Gasteiger partial charge in [0.05, 0.1) is 0 Å². The molecule has 3 atom stereocenters. The summed E-state index contributed by atoms with van der Waals surface area (Å²) in [6.45, 7) is 3.75. The molecule has 0 bridgehead atoms. The van der Waals surface area contributed by atoms with Crippen LogP contribution in [0.15, 0.2) is 17.5 Å². The molecule has 0 saturated heterocycles. The first kappa shape index (κ1) is 14.2. The Bertz CT molecular complexity index is 340. The van der Waals surface area contributed by atoms with Gasteiger partial charge in [-0.25, -0.2) is 0 Å². The van der Waals surface area contributed by atoms with E-state index in [9.17, 15) is 9.90 Å². The Morgan fingerprint density at radius 2 is 2.18 bits per heavy atom. The van der Waals surface area contributed by atoms with Crippen molar-refractivity contribution in [2.45, 2.75) is 44.9 Å². The van der Waals surface area contributed by atoms with Gasteiger partial charge in [0.1, 0.15) is 12.1 Å². The quantitative estimate of drug-likeness (QED) is 0.699. The molecule has 5 heteroatoms. The predicted molar refractivity (Wildman–Crippen MR) is 68.2 cm³/mol. The highest BCUT2D eigenvalue weighted by atomic mass is 32.1. The number of aliphatic hydroxyl groups is 1. The number of thiophene rings is 1. The van der Waals surface area contributed by atoms with Crippen molar-refractivity contribution in [2.75, 3.05) is 0 Å². The molecule has 1 aromatic heterocycles. The molecule has 0 saturated carbocycles. The Kier molecular flexibility index (Phi) is 5.61. The lowest BCUT2D eigenvalue weighted by molar-refractivity contribution is -0.140. The van der Waals surface area contributed by atoms with E-state index in [1.807, 2.05) is 31.4 Å². The minimum atomic E-state index is -0.871. The first-order valence-electron chi connectivity index (χ1n) is 5.80. The molecule has 0 aliphatic rings. The summed E-state index contributed by atoms with van der Waals surface area (Å²) in [7, 11) is 0. The lowest BCUT2D eigenvalue weighted by Crippen LogP contribution is -2.45. The molecule has 0 aliphatic carbocycles. The van der Waals surface area contributed by atoms with Crippen molar-refractivity contribution in [3.05, 3.63) is 22.4 Å². The van der Waals surface area contributed by atoms with Crippen molar-refractivity contribution in [3.63, 3.8) is 0 Å². The topological polar surface area (TPSA) is 69.6 Å². The Morgan fingerprint density at radius 1 is 1.47 bits per heavy atom. The van der Waals surface area contributed by atoms with Crippen LogP contribution in [0.3, 0.4) is 0 Å². The van der Waals surface area contributed by atoms with Crippen LogP contribution in [0.2, 0.25) is 0 Å². The van der Waals surface area contributed by atoms with Crippen molar-refractivity contribution >= 4 is 17.3 Å². The van der Waals surface area contributed by atoms with Crippen molar-refractivity contribution < 1.29 is 15.0 Å². The highest BCUT2D eigenvalue weighted by Gasteiger charge is 2.25. The Hall–Kier alpha value is -0.910. The number of carboxylic acids is 1. The van der Waals surface area contributed by atoms with Crippen LogP contribution in [0.25, 0.3) is 0 Å². The zero-order chi connectivity index (χ0) is 12.8. The number of aliphatic hydroxyl groups excluding tert-OH is 1. The van der Waals surface area contributed by atoms with Crippen molar-refractivity contribution in [1.29, 1.82) is 0 Å². The molecule has 0 aliphatic heterocycles. The van der Waals surface area contributed by atoms with Gasteiger partial charge in [0.15, 0.2) is 0 Å². The average molecular weight is 257 g/mol. The molecule has 1 aromatic rings. The van der Waals surface area contributed by atoms with Gasteiger partial charge in [-0.15, -0.1) is 11.3 Å². The van der Waals surface area contributed by atoms with E-state index in [0.717, 1.165) is 4.88 Å². The number of carbonyl (C=O) groups is 1. The number of carboxylic acid groups (broad SMARTS) is 1. The van der Waals surface area contributed by atoms with Crippen LogP contribution in [0.4, 0.5) is 0 Å². The van der Waals surface area contributed by atoms with Crippen LogP contribution in [-0.2, 0) is 4.79 Å². The fraction of sp³-hybridized carbons (Fsp3) is 0.583. The molecule has 0 aromatic carbocycles. The van der Waals surface area contributed by atoms with E-state index in [4.69, 9.17) is 5.11 Å². The van der Waals surface area contributed by atoms with Crippen LogP contribution in [0.5, 0.6) is 0 Å². The molecule has 96 valence electrons. The maximum Gasteiger partial charge on any atom is 0.320 e. The molecule has 3 N–H and O–H groups in total. The smallest absolute Gasteiger partial charge is 0.320 e. The van der Waals surface area contributed by atoms with Gasteiger partial charge < -0.3 is 10.2 Å². The number of rotatable bonds is 7. The fourth-order valence-electron chi connectivity index (χ4n) is 1.71. The van der Waals surface area contributed by atoms with Crippen molar-refractivity contribution in [2.24, 2.45) is 0 Å². The third kappa shape index (κ3) is 3.80. The van der Waals surface area contributed by atoms with Gasteiger partial charge in [0.2, 0.25) is 0 Å². The third-order valence-electron chi connectivity index (χ3n) is 2.78. The van der Waals surface area contributed by atoms with E-state index in [1.54, 1.807) is 0 Å². The van der Waals surface area contributed by atoms with Gasteiger partial charge >= 0.3 is 5.97 Å². The van der Waals surface area contributed by atoms with E-state index in [0.29, 0.717) is 12.8 Å². The molecule has 3 unspecified atom stereocenters. The Balaban J connectivity index is 2.68. The summed E-state index contributed by atoms with van der Waals surface area (Å²) in [6, 6.07) is 2.91. The molecular weight excluding hydrogens is 238 g/mol. The average Bonchev–Trinajstić information content (AvgIpc) is 2.82. The lowest BCUT2D eigenvalue weighted by Gasteiger charge is -2.25. The monoisotopic (exact) mass is 257 g/mol. The maximum atomic E-state index is 10.9. The highest BCUT2D eigenvalue weighted by molar-refractivity contribution is 7.10. The number of nitrogens with one attached hydrogen (secondary N) is 1. The van der Waals surface area contributed by atoms with Gasteiger partial charge in [-0.2, -0.15) is 0 Å². The zero-order valence-corrected chi connectivity index (χ0v) is 10.9. The molecular formula is C12H19NO3S. The molecule has 0 spiro atoms. The van der Waals surface area contributed by atoms with Crippen molar-refractivity contribution in [1.82, 2.24) is 5.32 Å². The van der Waals surface area contributed by atoms with Crippen LogP contribution in [0, 0.1) is 0 Å². The van der Waals surface area contributed by atoms with E-state index in [-0.39, 0.29) is 6.04 Å². The second-order valence-electron chi connectivity index (χ2n) is 3.94. The second-order valence-corrected chi connectivity index (χ2v) is 4.92. The first-order valence-corrected chi connectivity index (χ1v) is 6.68. The molecule has 17 heavy (non-hydrogen) atoms. The minimum absolute atomic E-state index is 0.227. The first-order chi connectivity index (χ1) is 8.10. The summed E-state index contributed by atoms with van der Waals surface area (Å²) in [5, 5.41) is 24.0. The largest absolute Gasteiger partial charge is 0.480 e. The van der Waals surface area contributed by atoms with E-state index < -0.39 is 18.1 Å². The van der Waals surface area contributed by atoms with Gasteiger partial charge in [-0.1, -0.05) is 19.9 Å². The van der Waals surface area contributed by atoms with Gasteiger partial charge in [-0.3, -0.25) is 10.1 Å². The number of aliphatic carboxylic acids is 1. The van der Waals surface area contributed by atoms with Crippen molar-refractivity contribution in [3.8, 4) is 0 Å². The highest BCUT2D eigenvalue weighted by Crippen LogP contribution is 2.23. The Labute approximate surface area is 105 Å². The summed E-state index contributed by atoms with van der Waals surface area (Å²) >= 11 is 1.48. The van der Waals surface area contributed by atoms with Crippen LogP contribution < -0.4 is 5.32 Å². The summed E-state index contributed by atoms with van der Waals surface area (Å²) in [6.07, 6.45) is 0.541. The third-order valence-corrected chi connectivity index (χ3v) is 3.72. The summed E-state index contributed by atoms with van der Waals surface area (Å²) in [5.41, 5.74) is 0. The van der Waals surface area contributed by atoms with Gasteiger partial charge in [-0.05, 0) is 24.3 Å². The number of hydrogen-bond acceptors (Lipinski definition) is 4. The molecule has 1 heterocycles. The zero-order valence-electron chi connectivity index (χ0n) is 10.1. The maximum absolute atomic E-state index is 10.9. The summed E-state index contributed by atoms with van der Waals surface area (Å²) in [4.78, 5) is 11.8. The molecule has 0 fully saturated rings. The number of hydrogen-bond donors (Lipinski definition) is 3. The Morgan fingerprint density at radius 3 is 2.59 bits per heavy atom. The molecule has 1 rings (SSSR count). The molecule has 0 amide bonds. The molecule has 4 nitrogen and oxygen atoms in total. The minimum Gasteiger partial charge on any atom is -0.480 e. The standard InChI is InChI=1S/C12H19NO3S/c1-3-8(13-9(4-2)12(15)16)11(14)10-6-5-7-17-10/h5-9,11,13-14H,3-4H2,1-2H3,(H,15,16). The second kappa shape index (κ2) is 6.74. The fourth-order valence-corrected chi connectivity index (χ4v) is 2.49. The normalized spacial score (nSPS) is 16.4. The molecule has 0 radical (unpaired) electrons. The SMILES string of the molecule is CCC(NC(CC)C(O)c1cccs1)C(=O)O. The van der Waals surface area contributed by atoms with Gasteiger partial charge in [0, 0.05) is 10.9 Å². The summed E-state index contributed by atoms with van der Waals surface area (Å²) < 4.78 is 0. The van der Waals surface area contributed by atoms with E-state index in [2.05, 4.69) is 5.32 Å². The van der Waals surface area contributed by atoms with Crippen LogP contribution in [-0.4, -0.2) is 28.3 Å². The summed E-state index contributed by atoms with van der Waals surface area (Å²) in [5.74, 6) is -0.871. The van der Waals surface area contributed by atoms with E-state index >= 15 is 0 Å².